The Hall–Kier alpha value is -1.84. The van der Waals surface area contributed by atoms with E-state index >= 15 is 0 Å². The van der Waals surface area contributed by atoms with Crippen LogP contribution in [0.4, 0.5) is 0 Å². The highest BCUT2D eigenvalue weighted by Crippen LogP contribution is 2.27. The Kier molecular flexibility index (Phi) is 5.37. The van der Waals surface area contributed by atoms with E-state index in [-0.39, 0.29) is 5.91 Å². The third kappa shape index (κ3) is 4.88. The molecule has 0 bridgehead atoms. The summed E-state index contributed by atoms with van der Waals surface area (Å²) in [7, 11) is 0. The van der Waals surface area contributed by atoms with Crippen LogP contribution in [0.5, 0.6) is 0 Å². The smallest absolute Gasteiger partial charge is 0.240 e. The first kappa shape index (κ1) is 15.5. The molecular formula is C17H24N2O2. The minimum absolute atomic E-state index is 0.0576. The number of amides is 2. The van der Waals surface area contributed by atoms with Gasteiger partial charge in [0.1, 0.15) is 6.04 Å². The molecule has 0 aromatic heterocycles. The Morgan fingerprint density at radius 1 is 1.24 bits per heavy atom. The van der Waals surface area contributed by atoms with Gasteiger partial charge in [-0.15, -0.1) is 0 Å². The molecule has 4 nitrogen and oxygen atoms in total. The van der Waals surface area contributed by atoms with Gasteiger partial charge >= 0.3 is 0 Å². The van der Waals surface area contributed by atoms with Crippen molar-refractivity contribution >= 4 is 11.8 Å². The topological polar surface area (TPSA) is 72.2 Å². The summed E-state index contributed by atoms with van der Waals surface area (Å²) in [4.78, 5) is 23.6. The van der Waals surface area contributed by atoms with Crippen LogP contribution in [0, 0.1) is 12.8 Å². The van der Waals surface area contributed by atoms with Crippen LogP contribution in [0.15, 0.2) is 24.3 Å². The fourth-order valence-electron chi connectivity index (χ4n) is 2.91. The molecule has 1 fully saturated rings. The molecule has 1 aliphatic carbocycles. The molecule has 0 heterocycles. The maximum atomic E-state index is 12.0. The van der Waals surface area contributed by atoms with Gasteiger partial charge in [0.05, 0.1) is 0 Å². The van der Waals surface area contributed by atoms with Gasteiger partial charge in [-0.3, -0.25) is 9.59 Å². The van der Waals surface area contributed by atoms with Gasteiger partial charge in [0.25, 0.3) is 0 Å². The number of carbonyl (C=O) groups excluding carboxylic acids is 2. The lowest BCUT2D eigenvalue weighted by atomic mass is 10.0. The van der Waals surface area contributed by atoms with E-state index in [2.05, 4.69) is 5.32 Å². The van der Waals surface area contributed by atoms with Gasteiger partial charge in [-0.05, 0) is 31.2 Å². The summed E-state index contributed by atoms with van der Waals surface area (Å²) >= 11 is 0. The second-order valence-electron chi connectivity index (χ2n) is 6.07. The van der Waals surface area contributed by atoms with Crippen molar-refractivity contribution in [3.8, 4) is 0 Å². The van der Waals surface area contributed by atoms with Crippen LogP contribution in [0.1, 0.15) is 43.2 Å². The molecule has 0 radical (unpaired) electrons. The predicted molar refractivity (Wildman–Crippen MR) is 82.6 cm³/mol. The average Bonchev–Trinajstić information content (AvgIpc) is 2.93. The van der Waals surface area contributed by atoms with Crippen molar-refractivity contribution < 1.29 is 9.59 Å². The number of nitrogens with two attached hydrogens (primary N) is 1. The number of benzene rings is 1. The molecule has 0 saturated heterocycles. The van der Waals surface area contributed by atoms with Gasteiger partial charge in [0, 0.05) is 12.8 Å². The van der Waals surface area contributed by atoms with Crippen LogP contribution in [-0.4, -0.2) is 17.9 Å². The highest BCUT2D eigenvalue weighted by Gasteiger charge is 2.22. The van der Waals surface area contributed by atoms with Gasteiger partial charge in [-0.25, -0.2) is 0 Å². The lowest BCUT2D eigenvalue weighted by Crippen LogP contribution is -2.46. The maximum absolute atomic E-state index is 12.0. The lowest BCUT2D eigenvalue weighted by Gasteiger charge is -2.17. The molecule has 1 atom stereocenters. The summed E-state index contributed by atoms with van der Waals surface area (Å²) in [6.45, 7) is 2.01. The first-order valence-corrected chi connectivity index (χ1v) is 7.69. The van der Waals surface area contributed by atoms with E-state index < -0.39 is 11.9 Å². The van der Waals surface area contributed by atoms with Crippen molar-refractivity contribution in [3.05, 3.63) is 35.4 Å². The molecular weight excluding hydrogens is 264 g/mol. The van der Waals surface area contributed by atoms with Crippen molar-refractivity contribution in [2.45, 2.75) is 51.5 Å². The Morgan fingerprint density at radius 3 is 2.43 bits per heavy atom. The highest BCUT2D eigenvalue weighted by molar-refractivity contribution is 5.86. The van der Waals surface area contributed by atoms with Gasteiger partial charge in [0.15, 0.2) is 0 Å². The van der Waals surface area contributed by atoms with Crippen molar-refractivity contribution in [1.82, 2.24) is 5.32 Å². The Bertz CT molecular complexity index is 490. The van der Waals surface area contributed by atoms with E-state index in [1.54, 1.807) is 0 Å². The molecule has 2 rings (SSSR count). The predicted octanol–water partition coefficient (Wildman–Crippen LogP) is 2.09. The van der Waals surface area contributed by atoms with Gasteiger partial charge in [-0.2, -0.15) is 0 Å². The summed E-state index contributed by atoms with van der Waals surface area (Å²) in [5.41, 5.74) is 7.59. The molecule has 3 N–H and O–H groups in total. The fourth-order valence-corrected chi connectivity index (χ4v) is 2.91. The average molecular weight is 288 g/mol. The van der Waals surface area contributed by atoms with Crippen LogP contribution in [0.25, 0.3) is 0 Å². The molecule has 114 valence electrons. The number of aryl methyl sites for hydroxylation is 1. The fraction of sp³-hybridized carbons (Fsp3) is 0.529. The first-order chi connectivity index (χ1) is 10.0. The van der Waals surface area contributed by atoms with E-state index in [1.165, 1.54) is 18.4 Å². The van der Waals surface area contributed by atoms with Crippen LogP contribution < -0.4 is 11.1 Å². The van der Waals surface area contributed by atoms with E-state index in [1.807, 2.05) is 31.2 Å². The molecule has 1 aliphatic rings. The maximum Gasteiger partial charge on any atom is 0.240 e. The van der Waals surface area contributed by atoms with Crippen molar-refractivity contribution in [1.29, 1.82) is 0 Å². The molecule has 0 unspecified atom stereocenters. The van der Waals surface area contributed by atoms with Crippen molar-refractivity contribution in [3.63, 3.8) is 0 Å². The van der Waals surface area contributed by atoms with Crippen molar-refractivity contribution in [2.75, 3.05) is 0 Å². The molecule has 1 aromatic carbocycles. The normalized spacial score (nSPS) is 16.6. The van der Waals surface area contributed by atoms with Crippen LogP contribution in [0.2, 0.25) is 0 Å². The molecule has 0 spiro atoms. The number of hydrogen-bond acceptors (Lipinski definition) is 2. The summed E-state index contributed by atoms with van der Waals surface area (Å²) in [5, 5.41) is 2.79. The summed E-state index contributed by atoms with van der Waals surface area (Å²) in [6, 6.07) is 7.30. The van der Waals surface area contributed by atoms with Gasteiger partial charge < -0.3 is 11.1 Å². The minimum Gasteiger partial charge on any atom is -0.368 e. The zero-order valence-corrected chi connectivity index (χ0v) is 12.6. The number of nitrogens with one attached hydrogen (secondary N) is 1. The molecule has 1 saturated carbocycles. The Morgan fingerprint density at radius 2 is 1.86 bits per heavy atom. The SMILES string of the molecule is Cc1ccc(C[C@H](NC(=O)CC2CCCC2)C(N)=O)cc1. The molecule has 21 heavy (non-hydrogen) atoms. The third-order valence-electron chi connectivity index (χ3n) is 4.19. The Balaban J connectivity index is 1.90. The largest absolute Gasteiger partial charge is 0.368 e. The standard InChI is InChI=1S/C17H24N2O2/c1-12-6-8-14(9-7-12)10-15(17(18)21)19-16(20)11-13-4-2-3-5-13/h6-9,13,15H,2-5,10-11H2,1H3,(H2,18,21)(H,19,20)/t15-/m0/s1. The van der Waals surface area contributed by atoms with Gasteiger partial charge in [0.2, 0.25) is 11.8 Å². The molecule has 0 aliphatic heterocycles. The number of primary amides is 1. The quantitative estimate of drug-likeness (QED) is 0.841. The zero-order valence-electron chi connectivity index (χ0n) is 12.6. The van der Waals surface area contributed by atoms with Crippen molar-refractivity contribution in [2.24, 2.45) is 11.7 Å². The van der Waals surface area contributed by atoms with E-state index in [4.69, 9.17) is 5.73 Å². The van der Waals surface area contributed by atoms with E-state index in [0.29, 0.717) is 18.8 Å². The number of carbonyl (C=O) groups is 2. The second-order valence-corrected chi connectivity index (χ2v) is 6.07. The zero-order chi connectivity index (χ0) is 15.2. The van der Waals surface area contributed by atoms with Crippen LogP contribution >= 0.6 is 0 Å². The lowest BCUT2D eigenvalue weighted by molar-refractivity contribution is -0.127. The van der Waals surface area contributed by atoms with E-state index in [0.717, 1.165) is 18.4 Å². The monoisotopic (exact) mass is 288 g/mol. The molecule has 1 aromatic rings. The summed E-state index contributed by atoms with van der Waals surface area (Å²) in [6.07, 6.45) is 5.62. The van der Waals surface area contributed by atoms with Gasteiger partial charge in [-0.1, -0.05) is 42.7 Å². The number of hydrogen-bond donors (Lipinski definition) is 2. The third-order valence-corrected chi connectivity index (χ3v) is 4.19. The number of rotatable bonds is 6. The molecule has 4 heteroatoms. The molecule has 2 amide bonds. The first-order valence-electron chi connectivity index (χ1n) is 7.69. The van der Waals surface area contributed by atoms with E-state index in [9.17, 15) is 9.59 Å². The highest BCUT2D eigenvalue weighted by atomic mass is 16.2. The minimum atomic E-state index is -0.624. The second kappa shape index (κ2) is 7.25. The summed E-state index contributed by atoms with van der Waals surface area (Å²) < 4.78 is 0. The Labute approximate surface area is 126 Å². The van der Waals surface area contributed by atoms with Crippen LogP contribution in [0.3, 0.4) is 0 Å². The summed E-state index contributed by atoms with van der Waals surface area (Å²) in [5.74, 6) is -0.0638. The van der Waals surface area contributed by atoms with Crippen LogP contribution in [-0.2, 0) is 16.0 Å².